The van der Waals surface area contributed by atoms with Crippen molar-refractivity contribution in [2.24, 2.45) is 0 Å². The van der Waals surface area contributed by atoms with Crippen molar-refractivity contribution in [1.82, 2.24) is 10.3 Å². The molecule has 0 bridgehead atoms. The molecule has 1 aliphatic heterocycles. The number of rotatable bonds is 1. The quantitative estimate of drug-likeness (QED) is 0.680. The van der Waals surface area contributed by atoms with Gasteiger partial charge < -0.3 is 5.32 Å². The van der Waals surface area contributed by atoms with Crippen LogP contribution in [0.15, 0.2) is 18.3 Å². The van der Waals surface area contributed by atoms with E-state index in [1.807, 2.05) is 0 Å². The number of hydrogen-bond donors (Lipinski definition) is 1. The molecule has 0 radical (unpaired) electrons. The molecular weight excluding hydrogens is 155 g/mol. The van der Waals surface area contributed by atoms with Crippen LogP contribution in [-0.2, 0) is 0 Å². The van der Waals surface area contributed by atoms with E-state index in [1.54, 1.807) is 6.07 Å². The van der Waals surface area contributed by atoms with Crippen LogP contribution in [0.2, 0.25) is 0 Å². The number of nitrogens with zero attached hydrogens (tertiary/aromatic N) is 1. The van der Waals surface area contributed by atoms with Crippen LogP contribution in [0.4, 0.5) is 4.39 Å². The summed E-state index contributed by atoms with van der Waals surface area (Å²) in [6, 6.07) is 3.24. The topological polar surface area (TPSA) is 24.9 Å². The normalized spacial score (nSPS) is 22.9. The Bertz CT molecular complexity index is 252. The lowest BCUT2D eigenvalue weighted by atomic mass is 10.0. The standard InChI is InChI=1S/C9H11FN2/c10-8-1-2-9(12-6-8)7-3-4-11-5-7/h1-2,6-7,11H,3-5H2. The summed E-state index contributed by atoms with van der Waals surface area (Å²) >= 11 is 0. The largest absolute Gasteiger partial charge is 0.316 e. The van der Waals surface area contributed by atoms with Crippen molar-refractivity contribution in [3.63, 3.8) is 0 Å². The summed E-state index contributed by atoms with van der Waals surface area (Å²) in [6.07, 6.45) is 2.40. The number of pyridine rings is 1. The highest BCUT2D eigenvalue weighted by Crippen LogP contribution is 2.19. The third-order valence-electron chi connectivity index (χ3n) is 2.23. The van der Waals surface area contributed by atoms with Gasteiger partial charge in [-0.15, -0.1) is 0 Å². The van der Waals surface area contributed by atoms with Gasteiger partial charge in [0.15, 0.2) is 0 Å². The molecule has 1 N–H and O–H groups in total. The minimum absolute atomic E-state index is 0.260. The zero-order valence-corrected chi connectivity index (χ0v) is 6.76. The van der Waals surface area contributed by atoms with Gasteiger partial charge in [0, 0.05) is 18.2 Å². The summed E-state index contributed by atoms with van der Waals surface area (Å²) in [5.41, 5.74) is 1.00. The molecule has 0 aliphatic carbocycles. The van der Waals surface area contributed by atoms with E-state index in [2.05, 4.69) is 10.3 Å². The summed E-state index contributed by atoms with van der Waals surface area (Å²) in [4.78, 5) is 4.05. The second kappa shape index (κ2) is 3.19. The molecule has 1 aromatic rings. The Hall–Kier alpha value is -0.960. The predicted octanol–water partition coefficient (Wildman–Crippen LogP) is 1.30. The zero-order valence-electron chi connectivity index (χ0n) is 6.76. The monoisotopic (exact) mass is 166 g/mol. The molecule has 0 amide bonds. The smallest absolute Gasteiger partial charge is 0.141 e. The van der Waals surface area contributed by atoms with Crippen molar-refractivity contribution >= 4 is 0 Å². The SMILES string of the molecule is Fc1ccc(C2CCNC2)nc1. The highest BCUT2D eigenvalue weighted by molar-refractivity contribution is 5.12. The molecule has 2 nitrogen and oxygen atoms in total. The molecule has 2 rings (SSSR count). The van der Waals surface area contributed by atoms with Gasteiger partial charge in [0.1, 0.15) is 5.82 Å². The molecule has 0 spiro atoms. The molecule has 1 unspecified atom stereocenters. The lowest BCUT2D eigenvalue weighted by Crippen LogP contribution is -2.08. The Balaban J connectivity index is 2.17. The molecule has 0 saturated carbocycles. The third-order valence-corrected chi connectivity index (χ3v) is 2.23. The van der Waals surface area contributed by atoms with Gasteiger partial charge in [-0.1, -0.05) is 0 Å². The van der Waals surface area contributed by atoms with Crippen molar-refractivity contribution in [2.75, 3.05) is 13.1 Å². The number of halogens is 1. The summed E-state index contributed by atoms with van der Waals surface area (Å²) < 4.78 is 12.5. The average Bonchev–Trinajstić information content (AvgIpc) is 2.58. The highest BCUT2D eigenvalue weighted by atomic mass is 19.1. The number of hydrogen-bond acceptors (Lipinski definition) is 2. The maximum absolute atomic E-state index is 12.5. The second-order valence-corrected chi connectivity index (χ2v) is 3.09. The molecule has 1 fully saturated rings. The Morgan fingerprint density at radius 2 is 2.42 bits per heavy atom. The van der Waals surface area contributed by atoms with Crippen molar-refractivity contribution in [2.45, 2.75) is 12.3 Å². The minimum Gasteiger partial charge on any atom is -0.316 e. The van der Waals surface area contributed by atoms with E-state index in [0.717, 1.165) is 25.2 Å². The van der Waals surface area contributed by atoms with Crippen LogP contribution < -0.4 is 5.32 Å². The maximum Gasteiger partial charge on any atom is 0.141 e. The number of aromatic nitrogens is 1. The zero-order chi connectivity index (χ0) is 8.39. The van der Waals surface area contributed by atoms with E-state index in [-0.39, 0.29) is 5.82 Å². The Kier molecular flexibility index (Phi) is 2.04. The predicted molar refractivity (Wildman–Crippen MR) is 44.4 cm³/mol. The summed E-state index contributed by atoms with van der Waals surface area (Å²) in [6.45, 7) is 2.02. The summed E-state index contributed by atoms with van der Waals surface area (Å²) in [5.74, 6) is 0.218. The fourth-order valence-electron chi connectivity index (χ4n) is 1.54. The van der Waals surface area contributed by atoms with Gasteiger partial charge in [-0.05, 0) is 25.1 Å². The number of nitrogens with one attached hydrogen (secondary N) is 1. The van der Waals surface area contributed by atoms with Crippen LogP contribution in [0.5, 0.6) is 0 Å². The van der Waals surface area contributed by atoms with Crippen molar-refractivity contribution in [3.8, 4) is 0 Å². The maximum atomic E-state index is 12.5. The molecule has 64 valence electrons. The average molecular weight is 166 g/mol. The van der Waals surface area contributed by atoms with E-state index >= 15 is 0 Å². The molecule has 12 heavy (non-hydrogen) atoms. The van der Waals surface area contributed by atoms with E-state index in [0.29, 0.717) is 5.92 Å². The first kappa shape index (κ1) is 7.68. The fraction of sp³-hybridized carbons (Fsp3) is 0.444. The molecule has 1 saturated heterocycles. The molecule has 1 aliphatic rings. The molecule has 2 heterocycles. The van der Waals surface area contributed by atoms with Crippen molar-refractivity contribution in [3.05, 3.63) is 29.8 Å². The molecule has 1 atom stereocenters. The van der Waals surface area contributed by atoms with E-state index in [1.165, 1.54) is 12.3 Å². The van der Waals surface area contributed by atoms with Gasteiger partial charge in [0.25, 0.3) is 0 Å². The van der Waals surface area contributed by atoms with Gasteiger partial charge in [0.05, 0.1) is 6.20 Å². The van der Waals surface area contributed by atoms with Crippen LogP contribution in [0.1, 0.15) is 18.0 Å². The van der Waals surface area contributed by atoms with E-state index in [9.17, 15) is 4.39 Å². The molecule has 3 heteroatoms. The Morgan fingerprint density at radius 3 is 3.00 bits per heavy atom. The highest BCUT2D eigenvalue weighted by Gasteiger charge is 2.17. The second-order valence-electron chi connectivity index (χ2n) is 3.09. The lowest BCUT2D eigenvalue weighted by Gasteiger charge is -2.05. The van der Waals surface area contributed by atoms with Crippen LogP contribution in [0, 0.1) is 5.82 Å². The third kappa shape index (κ3) is 1.46. The molecule has 1 aromatic heterocycles. The first-order valence-corrected chi connectivity index (χ1v) is 4.18. The van der Waals surface area contributed by atoms with Gasteiger partial charge in [-0.2, -0.15) is 0 Å². The Labute approximate surface area is 70.8 Å². The minimum atomic E-state index is -0.260. The van der Waals surface area contributed by atoms with Crippen LogP contribution in [0.3, 0.4) is 0 Å². The molecule has 0 aromatic carbocycles. The van der Waals surface area contributed by atoms with Gasteiger partial charge in [0.2, 0.25) is 0 Å². The first-order chi connectivity index (χ1) is 5.86. The summed E-state index contributed by atoms with van der Waals surface area (Å²) in [7, 11) is 0. The fourth-order valence-corrected chi connectivity index (χ4v) is 1.54. The van der Waals surface area contributed by atoms with Gasteiger partial charge in [-0.25, -0.2) is 4.39 Å². The Morgan fingerprint density at radius 1 is 1.50 bits per heavy atom. The molecular formula is C9H11FN2. The van der Waals surface area contributed by atoms with E-state index in [4.69, 9.17) is 0 Å². The first-order valence-electron chi connectivity index (χ1n) is 4.18. The van der Waals surface area contributed by atoms with Gasteiger partial charge in [-0.3, -0.25) is 4.98 Å². The van der Waals surface area contributed by atoms with Gasteiger partial charge >= 0.3 is 0 Å². The van der Waals surface area contributed by atoms with Crippen LogP contribution in [-0.4, -0.2) is 18.1 Å². The summed E-state index contributed by atoms with van der Waals surface area (Å²) in [5, 5.41) is 3.25. The van der Waals surface area contributed by atoms with Crippen molar-refractivity contribution < 1.29 is 4.39 Å². The van der Waals surface area contributed by atoms with Crippen LogP contribution in [0.25, 0.3) is 0 Å². The van der Waals surface area contributed by atoms with Crippen molar-refractivity contribution in [1.29, 1.82) is 0 Å². The van der Waals surface area contributed by atoms with E-state index < -0.39 is 0 Å². The van der Waals surface area contributed by atoms with Crippen LogP contribution >= 0.6 is 0 Å². The lowest BCUT2D eigenvalue weighted by molar-refractivity contribution is 0.614.